The number of rotatable bonds is 6. The Morgan fingerprint density at radius 2 is 1.96 bits per heavy atom. The van der Waals surface area contributed by atoms with Crippen LogP contribution in [0.1, 0.15) is 40.5 Å². The number of hydrogen-bond donors (Lipinski definition) is 1. The summed E-state index contributed by atoms with van der Waals surface area (Å²) in [5.74, 6) is 2.48. The predicted octanol–water partition coefficient (Wildman–Crippen LogP) is 3.79. The van der Waals surface area contributed by atoms with Gasteiger partial charge in [0.15, 0.2) is 0 Å². The van der Waals surface area contributed by atoms with E-state index in [4.69, 9.17) is 9.47 Å². The van der Waals surface area contributed by atoms with Crippen LogP contribution in [0.4, 0.5) is 5.69 Å². The molecular formula is C20H32N2O3. The van der Waals surface area contributed by atoms with E-state index in [2.05, 4.69) is 5.32 Å². The molecule has 0 radical (unpaired) electrons. The molecule has 1 saturated heterocycles. The van der Waals surface area contributed by atoms with Crippen LogP contribution >= 0.6 is 0 Å². The van der Waals surface area contributed by atoms with E-state index in [-0.39, 0.29) is 11.3 Å². The number of hydrogen-bond acceptors (Lipinski definition) is 4. The summed E-state index contributed by atoms with van der Waals surface area (Å²) in [6.07, 6.45) is 2.06. The first-order valence-corrected chi connectivity index (χ1v) is 9.19. The number of benzene rings is 1. The molecule has 0 unspecified atom stereocenters. The molecule has 1 N–H and O–H groups in total. The van der Waals surface area contributed by atoms with Crippen LogP contribution in [-0.2, 0) is 4.79 Å². The Balaban J connectivity index is 1.90. The van der Waals surface area contributed by atoms with Crippen LogP contribution in [0.2, 0.25) is 0 Å². The first-order chi connectivity index (χ1) is 11.8. The lowest BCUT2D eigenvalue weighted by atomic mass is 9.91. The van der Waals surface area contributed by atoms with Gasteiger partial charge in [-0.15, -0.1) is 0 Å². The number of nitrogens with one attached hydrogen (secondary N) is 1. The highest BCUT2D eigenvalue weighted by molar-refractivity contribution is 5.81. The summed E-state index contributed by atoms with van der Waals surface area (Å²) < 4.78 is 11.0. The molecule has 5 nitrogen and oxygen atoms in total. The first kappa shape index (κ1) is 19.4. The van der Waals surface area contributed by atoms with Gasteiger partial charge < -0.3 is 19.7 Å². The summed E-state index contributed by atoms with van der Waals surface area (Å²) in [7, 11) is 1.67. The zero-order valence-corrected chi connectivity index (χ0v) is 16.2. The second-order valence-corrected chi connectivity index (χ2v) is 7.66. The quantitative estimate of drug-likeness (QED) is 0.850. The average molecular weight is 348 g/mol. The number of amides is 1. The van der Waals surface area contributed by atoms with Gasteiger partial charge in [0.1, 0.15) is 11.5 Å². The Bertz CT molecular complexity index is 573. The fraction of sp³-hybridized carbons (Fsp3) is 0.650. The minimum Gasteiger partial charge on any atom is -0.497 e. The largest absolute Gasteiger partial charge is 0.497 e. The maximum atomic E-state index is 12.4. The third kappa shape index (κ3) is 5.28. The molecule has 1 aliphatic heterocycles. The third-order valence-corrected chi connectivity index (χ3v) is 4.61. The molecule has 0 atom stereocenters. The van der Waals surface area contributed by atoms with Crippen molar-refractivity contribution in [1.82, 2.24) is 4.90 Å². The van der Waals surface area contributed by atoms with Crippen molar-refractivity contribution in [2.24, 2.45) is 11.3 Å². The number of ether oxygens (including phenoxy) is 2. The van der Waals surface area contributed by atoms with Crippen LogP contribution in [0.25, 0.3) is 0 Å². The zero-order chi connectivity index (χ0) is 18.4. The Hall–Kier alpha value is -1.91. The van der Waals surface area contributed by atoms with Gasteiger partial charge in [0.2, 0.25) is 5.91 Å². The highest BCUT2D eigenvalue weighted by Crippen LogP contribution is 2.30. The lowest BCUT2D eigenvalue weighted by Crippen LogP contribution is -2.44. The molecule has 1 amide bonds. The van der Waals surface area contributed by atoms with Crippen molar-refractivity contribution >= 4 is 11.6 Å². The van der Waals surface area contributed by atoms with E-state index in [0.29, 0.717) is 12.5 Å². The number of likely N-dealkylation sites (tertiary alicyclic amines) is 1. The molecule has 1 aliphatic rings. The second kappa shape index (κ2) is 8.45. The van der Waals surface area contributed by atoms with Crippen LogP contribution in [0.15, 0.2) is 18.2 Å². The highest BCUT2D eigenvalue weighted by atomic mass is 16.5. The molecule has 2 rings (SSSR count). The normalized spacial score (nSPS) is 15.8. The van der Waals surface area contributed by atoms with Crippen molar-refractivity contribution in [3.8, 4) is 11.5 Å². The van der Waals surface area contributed by atoms with Gasteiger partial charge in [-0.3, -0.25) is 4.79 Å². The minimum absolute atomic E-state index is 0.255. The van der Waals surface area contributed by atoms with E-state index >= 15 is 0 Å². The summed E-state index contributed by atoms with van der Waals surface area (Å²) in [5.41, 5.74) is 0.673. The molecule has 25 heavy (non-hydrogen) atoms. The van der Waals surface area contributed by atoms with Gasteiger partial charge in [-0.1, -0.05) is 20.8 Å². The summed E-state index contributed by atoms with van der Waals surface area (Å²) in [6, 6.07) is 5.82. The van der Waals surface area contributed by atoms with Crippen molar-refractivity contribution in [3.63, 3.8) is 0 Å². The molecule has 0 bridgehead atoms. The second-order valence-electron chi connectivity index (χ2n) is 7.66. The molecule has 0 aliphatic carbocycles. The van der Waals surface area contributed by atoms with E-state index < -0.39 is 0 Å². The maximum Gasteiger partial charge on any atom is 0.227 e. The lowest BCUT2D eigenvalue weighted by molar-refractivity contribution is -0.140. The smallest absolute Gasteiger partial charge is 0.227 e. The molecule has 1 aromatic carbocycles. The fourth-order valence-electron chi connectivity index (χ4n) is 3.12. The fourth-order valence-corrected chi connectivity index (χ4v) is 3.12. The third-order valence-electron chi connectivity index (χ3n) is 4.61. The van der Waals surface area contributed by atoms with Crippen molar-refractivity contribution in [2.45, 2.75) is 40.5 Å². The number of carbonyl (C=O) groups excluding carboxylic acids is 1. The van der Waals surface area contributed by atoms with Crippen LogP contribution in [0.3, 0.4) is 0 Å². The zero-order valence-electron chi connectivity index (χ0n) is 16.2. The molecule has 140 valence electrons. The topological polar surface area (TPSA) is 50.8 Å². The van der Waals surface area contributed by atoms with Crippen molar-refractivity contribution < 1.29 is 14.3 Å². The summed E-state index contributed by atoms with van der Waals surface area (Å²) in [6.45, 7) is 11.1. The summed E-state index contributed by atoms with van der Waals surface area (Å²) >= 11 is 0. The number of nitrogens with zero attached hydrogens (tertiary/aromatic N) is 1. The van der Waals surface area contributed by atoms with Gasteiger partial charge in [0, 0.05) is 31.1 Å². The van der Waals surface area contributed by atoms with Crippen LogP contribution < -0.4 is 14.8 Å². The Labute approximate surface area is 151 Å². The first-order valence-electron chi connectivity index (χ1n) is 9.19. The maximum absolute atomic E-state index is 12.4. The van der Waals surface area contributed by atoms with Crippen molar-refractivity contribution in [3.05, 3.63) is 18.2 Å². The number of anilines is 1. The molecular weight excluding hydrogens is 316 g/mol. The number of piperidine rings is 1. The summed E-state index contributed by atoms with van der Waals surface area (Å²) in [5, 5.41) is 3.51. The van der Waals surface area contributed by atoms with E-state index in [1.165, 1.54) is 0 Å². The number of methoxy groups -OCH3 is 1. The SMILES string of the molecule is CCOc1ccc(OC)cc1NCC1CCN(C(=O)C(C)(C)C)CC1. The van der Waals surface area contributed by atoms with Gasteiger partial charge in [0.25, 0.3) is 0 Å². The minimum atomic E-state index is -0.294. The predicted molar refractivity (Wildman–Crippen MR) is 101 cm³/mol. The van der Waals surface area contributed by atoms with Crippen molar-refractivity contribution in [2.75, 3.05) is 38.7 Å². The van der Waals surface area contributed by atoms with Crippen LogP contribution in [0.5, 0.6) is 11.5 Å². The van der Waals surface area contributed by atoms with E-state index in [0.717, 1.165) is 49.7 Å². The molecule has 0 saturated carbocycles. The lowest BCUT2D eigenvalue weighted by Gasteiger charge is -2.36. The average Bonchev–Trinajstić information content (AvgIpc) is 2.60. The van der Waals surface area contributed by atoms with Crippen molar-refractivity contribution in [1.29, 1.82) is 0 Å². The standard InChI is InChI=1S/C20H32N2O3/c1-6-25-18-8-7-16(24-5)13-17(18)21-14-15-9-11-22(12-10-15)19(23)20(2,3)4/h7-8,13,15,21H,6,9-12,14H2,1-5H3. The van der Waals surface area contributed by atoms with E-state index in [1.54, 1.807) is 7.11 Å². The van der Waals surface area contributed by atoms with Gasteiger partial charge in [-0.2, -0.15) is 0 Å². The van der Waals surface area contributed by atoms with Gasteiger partial charge in [-0.05, 0) is 37.8 Å². The molecule has 5 heteroatoms. The Morgan fingerprint density at radius 3 is 2.52 bits per heavy atom. The highest BCUT2D eigenvalue weighted by Gasteiger charge is 2.30. The molecule has 0 aromatic heterocycles. The monoisotopic (exact) mass is 348 g/mol. The molecule has 1 fully saturated rings. The van der Waals surface area contributed by atoms with Crippen LogP contribution in [0, 0.1) is 11.3 Å². The van der Waals surface area contributed by atoms with Crippen LogP contribution in [-0.4, -0.2) is 44.2 Å². The molecule has 0 spiro atoms. The van der Waals surface area contributed by atoms with Gasteiger partial charge >= 0.3 is 0 Å². The Morgan fingerprint density at radius 1 is 1.28 bits per heavy atom. The molecule has 1 heterocycles. The summed E-state index contributed by atoms with van der Waals surface area (Å²) in [4.78, 5) is 14.4. The van der Waals surface area contributed by atoms with E-state index in [1.807, 2.05) is 50.8 Å². The van der Waals surface area contributed by atoms with Gasteiger partial charge in [0.05, 0.1) is 19.4 Å². The van der Waals surface area contributed by atoms with E-state index in [9.17, 15) is 4.79 Å². The van der Waals surface area contributed by atoms with Gasteiger partial charge in [-0.25, -0.2) is 0 Å². The number of carbonyl (C=O) groups is 1. The molecule has 1 aromatic rings. The Kier molecular flexibility index (Phi) is 6.57.